The lowest BCUT2D eigenvalue weighted by molar-refractivity contribution is 0.0236. The van der Waals surface area contributed by atoms with Crippen molar-refractivity contribution in [1.82, 2.24) is 10.2 Å². The zero-order chi connectivity index (χ0) is 15.7. The van der Waals surface area contributed by atoms with Crippen LogP contribution in [0.4, 0.5) is 4.79 Å². The summed E-state index contributed by atoms with van der Waals surface area (Å²) in [7, 11) is 0. The van der Waals surface area contributed by atoms with Crippen molar-refractivity contribution in [3.8, 4) is 0 Å². The molecule has 124 valence electrons. The van der Waals surface area contributed by atoms with Crippen LogP contribution < -0.4 is 5.32 Å². The summed E-state index contributed by atoms with van der Waals surface area (Å²) in [5, 5.41) is 13.2. The minimum atomic E-state index is -0.480. The SMILES string of the molecule is CCOC(=O)N1CCC(NCC(O)COCC(C)C)CC1. The molecule has 21 heavy (non-hydrogen) atoms. The Morgan fingerprint density at radius 3 is 2.57 bits per heavy atom. The molecular formula is C15H30N2O4. The standard InChI is InChI=1S/C15H30N2O4/c1-4-21-15(19)17-7-5-13(6-8-17)16-9-14(18)11-20-10-12(2)3/h12-14,16,18H,4-11H2,1-3H3. The monoisotopic (exact) mass is 302 g/mol. The van der Waals surface area contributed by atoms with E-state index in [1.54, 1.807) is 4.90 Å². The molecular weight excluding hydrogens is 272 g/mol. The molecule has 6 heteroatoms. The number of hydrogen-bond donors (Lipinski definition) is 2. The van der Waals surface area contributed by atoms with Crippen molar-refractivity contribution in [1.29, 1.82) is 0 Å². The second kappa shape index (κ2) is 9.97. The quantitative estimate of drug-likeness (QED) is 0.706. The fraction of sp³-hybridized carbons (Fsp3) is 0.933. The Morgan fingerprint density at radius 1 is 1.33 bits per heavy atom. The maximum Gasteiger partial charge on any atom is 0.409 e. The van der Waals surface area contributed by atoms with E-state index in [0.29, 0.717) is 51.4 Å². The fourth-order valence-electron chi connectivity index (χ4n) is 2.28. The van der Waals surface area contributed by atoms with Gasteiger partial charge in [-0.2, -0.15) is 0 Å². The van der Waals surface area contributed by atoms with Gasteiger partial charge in [0.15, 0.2) is 0 Å². The van der Waals surface area contributed by atoms with Crippen LogP contribution in [0, 0.1) is 5.92 Å². The third-order valence-electron chi connectivity index (χ3n) is 3.42. The van der Waals surface area contributed by atoms with Crippen LogP contribution in [0.3, 0.4) is 0 Å². The second-order valence-electron chi connectivity index (χ2n) is 5.95. The number of ether oxygens (including phenoxy) is 2. The summed E-state index contributed by atoms with van der Waals surface area (Å²) in [4.78, 5) is 13.3. The number of nitrogens with zero attached hydrogens (tertiary/aromatic N) is 1. The molecule has 0 radical (unpaired) electrons. The molecule has 0 bridgehead atoms. The van der Waals surface area contributed by atoms with E-state index in [4.69, 9.17) is 9.47 Å². The van der Waals surface area contributed by atoms with Crippen LogP contribution in [0.1, 0.15) is 33.6 Å². The summed E-state index contributed by atoms with van der Waals surface area (Å²) in [6.45, 7) is 9.38. The Kier molecular flexibility index (Phi) is 8.64. The van der Waals surface area contributed by atoms with Gasteiger partial charge in [-0.3, -0.25) is 0 Å². The van der Waals surface area contributed by atoms with Crippen molar-refractivity contribution in [2.75, 3.05) is 39.5 Å². The lowest BCUT2D eigenvalue weighted by Crippen LogP contribution is -2.47. The number of nitrogens with one attached hydrogen (secondary N) is 1. The normalized spacial score (nSPS) is 18.0. The third kappa shape index (κ3) is 7.64. The van der Waals surface area contributed by atoms with Gasteiger partial charge in [0.1, 0.15) is 0 Å². The molecule has 1 aliphatic rings. The topological polar surface area (TPSA) is 71.0 Å². The van der Waals surface area contributed by atoms with Crippen molar-refractivity contribution < 1.29 is 19.4 Å². The molecule has 0 aromatic carbocycles. The number of aliphatic hydroxyl groups excluding tert-OH is 1. The van der Waals surface area contributed by atoms with Crippen LogP contribution in [0.5, 0.6) is 0 Å². The highest BCUT2D eigenvalue weighted by Crippen LogP contribution is 2.11. The molecule has 0 spiro atoms. The van der Waals surface area contributed by atoms with E-state index >= 15 is 0 Å². The van der Waals surface area contributed by atoms with Crippen LogP contribution in [0.2, 0.25) is 0 Å². The number of hydrogen-bond acceptors (Lipinski definition) is 5. The highest BCUT2D eigenvalue weighted by Gasteiger charge is 2.23. The average molecular weight is 302 g/mol. The molecule has 1 atom stereocenters. The van der Waals surface area contributed by atoms with E-state index in [1.807, 2.05) is 6.92 Å². The first kappa shape index (κ1) is 18.2. The first-order chi connectivity index (χ1) is 10.0. The number of amides is 1. The van der Waals surface area contributed by atoms with E-state index in [2.05, 4.69) is 19.2 Å². The maximum absolute atomic E-state index is 11.6. The van der Waals surface area contributed by atoms with Gasteiger partial charge in [0.05, 0.1) is 19.3 Å². The average Bonchev–Trinajstić information content (AvgIpc) is 2.45. The summed E-state index contributed by atoms with van der Waals surface area (Å²) in [5.41, 5.74) is 0. The molecule has 0 aromatic heterocycles. The van der Waals surface area contributed by atoms with Gasteiger partial charge >= 0.3 is 6.09 Å². The van der Waals surface area contributed by atoms with E-state index in [0.717, 1.165) is 12.8 Å². The number of aliphatic hydroxyl groups is 1. The van der Waals surface area contributed by atoms with Crippen molar-refractivity contribution in [3.63, 3.8) is 0 Å². The van der Waals surface area contributed by atoms with E-state index in [1.165, 1.54) is 0 Å². The van der Waals surface area contributed by atoms with E-state index < -0.39 is 6.10 Å². The molecule has 0 aromatic rings. The van der Waals surface area contributed by atoms with Crippen LogP contribution in [0.15, 0.2) is 0 Å². The van der Waals surface area contributed by atoms with Gasteiger partial charge in [-0.25, -0.2) is 4.79 Å². The van der Waals surface area contributed by atoms with E-state index in [-0.39, 0.29) is 6.09 Å². The molecule has 2 N–H and O–H groups in total. The van der Waals surface area contributed by atoms with Crippen molar-refractivity contribution in [2.24, 2.45) is 5.92 Å². The first-order valence-electron chi connectivity index (χ1n) is 7.93. The maximum atomic E-state index is 11.6. The summed E-state index contributed by atoms with van der Waals surface area (Å²) in [6.07, 6.45) is 1.07. The highest BCUT2D eigenvalue weighted by atomic mass is 16.6. The highest BCUT2D eigenvalue weighted by molar-refractivity contribution is 5.67. The minimum absolute atomic E-state index is 0.224. The summed E-state index contributed by atoms with van der Waals surface area (Å²) < 4.78 is 10.4. The molecule has 1 aliphatic heterocycles. The first-order valence-corrected chi connectivity index (χ1v) is 7.93. The molecule has 1 fully saturated rings. The van der Waals surface area contributed by atoms with Gasteiger partial charge in [-0.15, -0.1) is 0 Å². The lowest BCUT2D eigenvalue weighted by atomic mass is 10.1. The van der Waals surface area contributed by atoms with Gasteiger partial charge in [0.2, 0.25) is 0 Å². The summed E-state index contributed by atoms with van der Waals surface area (Å²) in [6, 6.07) is 0.343. The van der Waals surface area contributed by atoms with E-state index in [9.17, 15) is 9.90 Å². The van der Waals surface area contributed by atoms with Crippen LogP contribution in [0.25, 0.3) is 0 Å². The van der Waals surface area contributed by atoms with Gasteiger partial charge in [-0.05, 0) is 25.7 Å². The smallest absolute Gasteiger partial charge is 0.409 e. The molecule has 1 amide bonds. The molecule has 1 saturated heterocycles. The predicted molar refractivity (Wildman–Crippen MR) is 81.3 cm³/mol. The minimum Gasteiger partial charge on any atom is -0.450 e. The number of rotatable bonds is 8. The van der Waals surface area contributed by atoms with Crippen molar-refractivity contribution in [2.45, 2.75) is 45.8 Å². The predicted octanol–water partition coefficient (Wildman–Crippen LogP) is 1.23. The molecule has 0 aliphatic carbocycles. The van der Waals surface area contributed by atoms with Gasteiger partial charge in [-0.1, -0.05) is 13.8 Å². The number of piperidine rings is 1. The Bertz CT molecular complexity index is 291. The van der Waals surface area contributed by atoms with Crippen LogP contribution in [-0.4, -0.2) is 67.7 Å². The van der Waals surface area contributed by atoms with Crippen molar-refractivity contribution in [3.05, 3.63) is 0 Å². The van der Waals surface area contributed by atoms with Gasteiger partial charge in [0.25, 0.3) is 0 Å². The Balaban J connectivity index is 2.11. The van der Waals surface area contributed by atoms with Crippen molar-refractivity contribution >= 4 is 6.09 Å². The molecule has 1 rings (SSSR count). The Hall–Kier alpha value is -0.850. The molecule has 1 heterocycles. The fourth-order valence-corrected chi connectivity index (χ4v) is 2.28. The molecule has 6 nitrogen and oxygen atoms in total. The Labute approximate surface area is 127 Å². The summed E-state index contributed by atoms with van der Waals surface area (Å²) >= 11 is 0. The Morgan fingerprint density at radius 2 is 2.00 bits per heavy atom. The largest absolute Gasteiger partial charge is 0.450 e. The number of carbonyl (C=O) groups excluding carboxylic acids is 1. The van der Waals surface area contributed by atoms with Gasteiger partial charge < -0.3 is 24.8 Å². The van der Waals surface area contributed by atoms with Crippen LogP contribution in [-0.2, 0) is 9.47 Å². The molecule has 0 saturated carbocycles. The van der Waals surface area contributed by atoms with Crippen LogP contribution >= 0.6 is 0 Å². The van der Waals surface area contributed by atoms with Gasteiger partial charge in [0, 0.05) is 32.3 Å². The molecule has 1 unspecified atom stereocenters. The zero-order valence-corrected chi connectivity index (χ0v) is 13.5. The second-order valence-corrected chi connectivity index (χ2v) is 5.95. The zero-order valence-electron chi connectivity index (χ0n) is 13.5. The number of likely N-dealkylation sites (tertiary alicyclic amines) is 1. The third-order valence-corrected chi connectivity index (χ3v) is 3.42. The lowest BCUT2D eigenvalue weighted by Gasteiger charge is -2.32. The number of carbonyl (C=O) groups is 1. The summed E-state index contributed by atoms with van der Waals surface area (Å²) in [5.74, 6) is 0.484.